The molecule has 5 heteroatoms. The number of carbonyl (C=O) groups is 1. The fraction of sp³-hybridized carbons (Fsp3) is 0.188. The predicted molar refractivity (Wildman–Crippen MR) is 86.7 cm³/mol. The third kappa shape index (κ3) is 4.16. The van der Waals surface area contributed by atoms with Gasteiger partial charge in [0.15, 0.2) is 0 Å². The van der Waals surface area contributed by atoms with Gasteiger partial charge in [-0.1, -0.05) is 6.07 Å². The largest absolute Gasteiger partial charge is 0.399 e. The Kier molecular flexibility index (Phi) is 4.75. The zero-order valence-electron chi connectivity index (χ0n) is 12.1. The van der Waals surface area contributed by atoms with Gasteiger partial charge in [-0.25, -0.2) is 0 Å². The Balaban J connectivity index is 2.00. The van der Waals surface area contributed by atoms with Crippen LogP contribution >= 0.6 is 0 Å². The standard InChI is InChI=1S/C16H18N2O2S/c1-11-3-8-15(9-12(11)2)21(20)10-16(19)18-14-6-4-13(17)5-7-14/h3-9H,10,17H2,1-2H3,(H,18,19). The van der Waals surface area contributed by atoms with Crippen molar-refractivity contribution in [3.63, 3.8) is 0 Å². The lowest BCUT2D eigenvalue weighted by molar-refractivity contribution is -0.113. The van der Waals surface area contributed by atoms with Crippen molar-refractivity contribution in [2.24, 2.45) is 0 Å². The van der Waals surface area contributed by atoms with Gasteiger partial charge in [0.05, 0.1) is 10.8 Å². The van der Waals surface area contributed by atoms with Gasteiger partial charge in [-0.05, 0) is 61.4 Å². The number of nitrogen functional groups attached to an aromatic ring is 1. The highest BCUT2D eigenvalue weighted by molar-refractivity contribution is 7.85. The minimum Gasteiger partial charge on any atom is -0.399 e. The summed E-state index contributed by atoms with van der Waals surface area (Å²) in [4.78, 5) is 12.6. The van der Waals surface area contributed by atoms with Gasteiger partial charge in [0, 0.05) is 16.3 Å². The van der Waals surface area contributed by atoms with Crippen LogP contribution in [0.2, 0.25) is 0 Å². The number of benzene rings is 2. The maximum absolute atomic E-state index is 12.2. The highest BCUT2D eigenvalue weighted by Crippen LogP contribution is 2.14. The molecule has 0 saturated carbocycles. The molecule has 0 aromatic heterocycles. The maximum atomic E-state index is 12.2. The molecule has 0 aliphatic carbocycles. The van der Waals surface area contributed by atoms with Gasteiger partial charge in [-0.2, -0.15) is 0 Å². The smallest absolute Gasteiger partial charge is 0.237 e. The molecule has 1 unspecified atom stereocenters. The molecule has 0 heterocycles. The Labute approximate surface area is 126 Å². The lowest BCUT2D eigenvalue weighted by Gasteiger charge is -2.07. The molecule has 0 spiro atoms. The first-order chi connectivity index (χ1) is 9.95. The summed E-state index contributed by atoms with van der Waals surface area (Å²) in [5.74, 6) is -0.344. The number of hydrogen-bond donors (Lipinski definition) is 2. The van der Waals surface area contributed by atoms with Gasteiger partial charge in [-0.3, -0.25) is 9.00 Å². The SMILES string of the molecule is Cc1ccc(S(=O)CC(=O)Nc2ccc(N)cc2)cc1C. The molecule has 0 saturated heterocycles. The van der Waals surface area contributed by atoms with Crippen molar-refractivity contribution in [3.05, 3.63) is 53.6 Å². The summed E-state index contributed by atoms with van der Waals surface area (Å²) in [5, 5.41) is 2.71. The summed E-state index contributed by atoms with van der Waals surface area (Å²) in [6.45, 7) is 3.96. The molecular formula is C16H18N2O2S. The lowest BCUT2D eigenvalue weighted by atomic mass is 10.1. The second-order valence-electron chi connectivity index (χ2n) is 4.91. The fourth-order valence-electron chi connectivity index (χ4n) is 1.82. The van der Waals surface area contributed by atoms with Crippen molar-refractivity contribution < 1.29 is 9.00 Å². The van der Waals surface area contributed by atoms with E-state index in [9.17, 15) is 9.00 Å². The van der Waals surface area contributed by atoms with E-state index in [0.29, 0.717) is 16.3 Å². The van der Waals surface area contributed by atoms with Crippen LogP contribution in [0.15, 0.2) is 47.4 Å². The average molecular weight is 302 g/mol. The summed E-state index contributed by atoms with van der Waals surface area (Å²) < 4.78 is 12.2. The molecule has 2 aromatic carbocycles. The minimum atomic E-state index is -1.35. The number of nitrogens with one attached hydrogen (secondary N) is 1. The number of amides is 1. The second-order valence-corrected chi connectivity index (χ2v) is 6.36. The van der Waals surface area contributed by atoms with Gasteiger partial charge in [0.2, 0.25) is 5.91 Å². The first-order valence-electron chi connectivity index (χ1n) is 6.57. The monoisotopic (exact) mass is 302 g/mol. The summed E-state index contributed by atoms with van der Waals surface area (Å²) >= 11 is 0. The van der Waals surface area contributed by atoms with Gasteiger partial charge in [0.25, 0.3) is 0 Å². The highest BCUT2D eigenvalue weighted by Gasteiger charge is 2.11. The van der Waals surface area contributed by atoms with Crippen molar-refractivity contribution in [3.8, 4) is 0 Å². The van der Waals surface area contributed by atoms with Crippen LogP contribution in [0.4, 0.5) is 11.4 Å². The van der Waals surface area contributed by atoms with Crippen molar-refractivity contribution in [2.75, 3.05) is 16.8 Å². The number of hydrogen-bond acceptors (Lipinski definition) is 3. The third-order valence-corrected chi connectivity index (χ3v) is 4.50. The fourth-order valence-corrected chi connectivity index (χ4v) is 2.83. The summed E-state index contributed by atoms with van der Waals surface area (Å²) in [6, 6.07) is 12.4. The van der Waals surface area contributed by atoms with Crippen molar-refractivity contribution >= 4 is 28.1 Å². The minimum absolute atomic E-state index is 0.0626. The lowest BCUT2D eigenvalue weighted by Crippen LogP contribution is -2.19. The van der Waals surface area contributed by atoms with Crippen LogP contribution in [0.3, 0.4) is 0 Å². The van der Waals surface area contributed by atoms with Crippen LogP contribution in [0.1, 0.15) is 11.1 Å². The molecule has 0 bridgehead atoms. The Morgan fingerprint density at radius 2 is 1.76 bits per heavy atom. The third-order valence-electron chi connectivity index (χ3n) is 3.20. The first kappa shape index (κ1) is 15.3. The van der Waals surface area contributed by atoms with E-state index in [2.05, 4.69) is 5.32 Å². The number of nitrogens with two attached hydrogens (primary N) is 1. The van der Waals surface area contributed by atoms with Crippen molar-refractivity contribution in [1.29, 1.82) is 0 Å². The van der Waals surface area contributed by atoms with Gasteiger partial charge in [0.1, 0.15) is 5.75 Å². The van der Waals surface area contributed by atoms with E-state index < -0.39 is 10.8 Å². The summed E-state index contributed by atoms with van der Waals surface area (Å²) in [5.41, 5.74) is 9.07. The number of anilines is 2. The van der Waals surface area contributed by atoms with E-state index >= 15 is 0 Å². The van der Waals surface area contributed by atoms with Crippen LogP contribution in [-0.2, 0) is 15.6 Å². The first-order valence-corrected chi connectivity index (χ1v) is 7.88. The zero-order valence-corrected chi connectivity index (χ0v) is 12.9. The zero-order chi connectivity index (χ0) is 15.4. The Hall–Kier alpha value is -2.14. The topological polar surface area (TPSA) is 72.2 Å². The van der Waals surface area contributed by atoms with Crippen LogP contribution in [-0.4, -0.2) is 15.9 Å². The highest BCUT2D eigenvalue weighted by atomic mass is 32.2. The van der Waals surface area contributed by atoms with E-state index in [0.717, 1.165) is 11.1 Å². The maximum Gasteiger partial charge on any atom is 0.237 e. The van der Waals surface area contributed by atoms with Crippen LogP contribution in [0.25, 0.3) is 0 Å². The molecule has 2 rings (SSSR count). The predicted octanol–water partition coefficient (Wildman–Crippen LogP) is 2.63. The van der Waals surface area contributed by atoms with E-state index in [1.165, 1.54) is 0 Å². The molecular weight excluding hydrogens is 284 g/mol. The van der Waals surface area contributed by atoms with Gasteiger partial charge in [-0.15, -0.1) is 0 Å². The molecule has 0 aliphatic heterocycles. The van der Waals surface area contributed by atoms with E-state index in [1.807, 2.05) is 26.0 Å². The van der Waals surface area contributed by atoms with Crippen LogP contribution in [0, 0.1) is 13.8 Å². The molecule has 4 nitrogen and oxygen atoms in total. The molecule has 1 atom stereocenters. The number of carbonyl (C=O) groups excluding carboxylic acids is 1. The Morgan fingerprint density at radius 3 is 2.38 bits per heavy atom. The van der Waals surface area contributed by atoms with E-state index in [4.69, 9.17) is 5.73 Å². The molecule has 2 aromatic rings. The second kappa shape index (κ2) is 6.54. The van der Waals surface area contributed by atoms with Crippen molar-refractivity contribution in [1.82, 2.24) is 0 Å². The van der Waals surface area contributed by atoms with Gasteiger partial charge >= 0.3 is 0 Å². The van der Waals surface area contributed by atoms with Gasteiger partial charge < -0.3 is 11.1 Å². The molecule has 0 fully saturated rings. The summed E-state index contributed by atoms with van der Waals surface area (Å²) in [6.07, 6.45) is 0. The van der Waals surface area contributed by atoms with Crippen LogP contribution in [0.5, 0.6) is 0 Å². The van der Waals surface area contributed by atoms with E-state index in [-0.39, 0.29) is 11.7 Å². The normalized spacial score (nSPS) is 11.9. The molecule has 1 amide bonds. The molecule has 0 aliphatic rings. The molecule has 3 N–H and O–H groups in total. The quantitative estimate of drug-likeness (QED) is 0.853. The van der Waals surface area contributed by atoms with Crippen LogP contribution < -0.4 is 11.1 Å². The average Bonchev–Trinajstić information content (AvgIpc) is 2.44. The Bertz CT molecular complexity index is 681. The molecule has 110 valence electrons. The van der Waals surface area contributed by atoms with Crippen molar-refractivity contribution in [2.45, 2.75) is 18.7 Å². The Morgan fingerprint density at radius 1 is 1.10 bits per heavy atom. The number of rotatable bonds is 4. The molecule has 0 radical (unpaired) electrons. The molecule has 21 heavy (non-hydrogen) atoms. The van der Waals surface area contributed by atoms with E-state index in [1.54, 1.807) is 30.3 Å². The number of aryl methyl sites for hydroxylation is 2. The summed E-state index contributed by atoms with van der Waals surface area (Å²) in [7, 11) is -1.35.